The fourth-order valence-corrected chi connectivity index (χ4v) is 2.94. The predicted octanol–water partition coefficient (Wildman–Crippen LogP) is 1.88. The molecule has 0 bridgehead atoms. The van der Waals surface area contributed by atoms with Crippen LogP contribution in [-0.2, 0) is 4.74 Å². The Balaban J connectivity index is 1.76. The van der Waals surface area contributed by atoms with Gasteiger partial charge < -0.3 is 10.1 Å². The predicted molar refractivity (Wildman–Crippen MR) is 65.5 cm³/mol. The highest BCUT2D eigenvalue weighted by Crippen LogP contribution is 2.26. The lowest BCUT2D eigenvalue weighted by Gasteiger charge is -2.24. The van der Waals surface area contributed by atoms with Crippen LogP contribution in [0.4, 0.5) is 0 Å². The number of nitrogens with zero attached hydrogens (tertiary/aromatic N) is 1. The van der Waals surface area contributed by atoms with Crippen LogP contribution in [0.3, 0.4) is 0 Å². The molecule has 1 fully saturated rings. The zero-order chi connectivity index (χ0) is 10.7. The second kappa shape index (κ2) is 5.21. The van der Waals surface area contributed by atoms with Crippen LogP contribution < -0.4 is 5.32 Å². The molecule has 2 aliphatic rings. The van der Waals surface area contributed by atoms with E-state index in [1.165, 1.54) is 12.8 Å². The normalized spacial score (nSPS) is 31.8. The van der Waals surface area contributed by atoms with E-state index in [2.05, 4.69) is 24.2 Å². The van der Waals surface area contributed by atoms with Crippen molar-refractivity contribution in [2.24, 2.45) is 10.9 Å². The Bertz CT molecular complexity index is 237. The Labute approximate surface area is 96.1 Å². The van der Waals surface area contributed by atoms with Crippen molar-refractivity contribution in [2.45, 2.75) is 38.0 Å². The van der Waals surface area contributed by atoms with Gasteiger partial charge in [0, 0.05) is 11.9 Å². The van der Waals surface area contributed by atoms with Crippen molar-refractivity contribution in [3.8, 4) is 0 Å². The molecule has 86 valence electrons. The SMILES string of the molecule is CC(C)C1CN=C(NC2CCCOC2)S1. The van der Waals surface area contributed by atoms with Gasteiger partial charge in [0.1, 0.15) is 0 Å². The van der Waals surface area contributed by atoms with Gasteiger partial charge >= 0.3 is 0 Å². The standard InChI is InChI=1S/C11H20N2OS/c1-8(2)10-6-12-11(15-10)13-9-4-3-5-14-7-9/h8-10H,3-7H2,1-2H3,(H,12,13). The summed E-state index contributed by atoms with van der Waals surface area (Å²) in [5, 5.41) is 5.28. The van der Waals surface area contributed by atoms with Crippen LogP contribution in [0.5, 0.6) is 0 Å². The molecule has 3 nitrogen and oxygen atoms in total. The molecule has 2 rings (SSSR count). The third-order valence-corrected chi connectivity index (χ3v) is 4.38. The van der Waals surface area contributed by atoms with Crippen molar-refractivity contribution in [1.82, 2.24) is 5.32 Å². The average molecular weight is 228 g/mol. The molecule has 2 heterocycles. The van der Waals surface area contributed by atoms with Crippen molar-refractivity contribution in [2.75, 3.05) is 19.8 Å². The van der Waals surface area contributed by atoms with Crippen molar-refractivity contribution >= 4 is 16.9 Å². The molecule has 0 spiro atoms. The highest BCUT2D eigenvalue weighted by molar-refractivity contribution is 8.14. The van der Waals surface area contributed by atoms with E-state index in [1.54, 1.807) is 0 Å². The summed E-state index contributed by atoms with van der Waals surface area (Å²) in [5.41, 5.74) is 0. The minimum absolute atomic E-state index is 0.482. The Morgan fingerprint density at radius 2 is 2.40 bits per heavy atom. The lowest BCUT2D eigenvalue weighted by Crippen LogP contribution is -2.39. The maximum atomic E-state index is 5.44. The third-order valence-electron chi connectivity index (χ3n) is 2.91. The smallest absolute Gasteiger partial charge is 0.157 e. The molecular weight excluding hydrogens is 208 g/mol. The highest BCUT2D eigenvalue weighted by atomic mass is 32.2. The largest absolute Gasteiger partial charge is 0.379 e. The zero-order valence-electron chi connectivity index (χ0n) is 9.53. The first-order valence-corrected chi connectivity index (χ1v) is 6.69. The first-order valence-electron chi connectivity index (χ1n) is 5.81. The van der Waals surface area contributed by atoms with Crippen molar-refractivity contribution in [3.63, 3.8) is 0 Å². The van der Waals surface area contributed by atoms with Crippen LogP contribution in [0, 0.1) is 5.92 Å². The Morgan fingerprint density at radius 1 is 1.53 bits per heavy atom. The van der Waals surface area contributed by atoms with Crippen LogP contribution in [0.1, 0.15) is 26.7 Å². The van der Waals surface area contributed by atoms with Gasteiger partial charge in [-0.15, -0.1) is 0 Å². The molecule has 0 aromatic carbocycles. The van der Waals surface area contributed by atoms with E-state index < -0.39 is 0 Å². The Hall–Kier alpha value is -0.220. The number of nitrogens with one attached hydrogen (secondary N) is 1. The number of thioether (sulfide) groups is 1. The van der Waals surface area contributed by atoms with Gasteiger partial charge in [-0.2, -0.15) is 0 Å². The number of rotatable bonds is 2. The van der Waals surface area contributed by atoms with Crippen LogP contribution in [0.15, 0.2) is 4.99 Å². The third kappa shape index (κ3) is 3.11. The van der Waals surface area contributed by atoms with E-state index in [0.29, 0.717) is 17.2 Å². The zero-order valence-corrected chi connectivity index (χ0v) is 10.3. The molecule has 2 atom stereocenters. The summed E-state index contributed by atoms with van der Waals surface area (Å²) in [5.74, 6) is 0.709. The van der Waals surface area contributed by atoms with Crippen LogP contribution in [0.2, 0.25) is 0 Å². The summed E-state index contributed by atoms with van der Waals surface area (Å²) in [4.78, 5) is 4.55. The molecule has 0 radical (unpaired) electrons. The number of hydrogen-bond donors (Lipinski definition) is 1. The van der Waals surface area contributed by atoms with Gasteiger partial charge in [-0.3, -0.25) is 4.99 Å². The molecule has 0 amide bonds. The van der Waals surface area contributed by atoms with E-state index >= 15 is 0 Å². The van der Waals surface area contributed by atoms with E-state index in [0.717, 1.165) is 24.9 Å². The van der Waals surface area contributed by atoms with E-state index in [-0.39, 0.29) is 0 Å². The second-order valence-corrected chi connectivity index (χ2v) is 5.83. The number of ether oxygens (including phenoxy) is 1. The van der Waals surface area contributed by atoms with Gasteiger partial charge in [-0.1, -0.05) is 25.6 Å². The van der Waals surface area contributed by atoms with Crippen LogP contribution >= 0.6 is 11.8 Å². The maximum Gasteiger partial charge on any atom is 0.157 e. The summed E-state index contributed by atoms with van der Waals surface area (Å²) in [6.07, 6.45) is 2.38. The van der Waals surface area contributed by atoms with Crippen LogP contribution in [-0.4, -0.2) is 36.2 Å². The fourth-order valence-electron chi connectivity index (χ4n) is 1.85. The van der Waals surface area contributed by atoms with Crippen molar-refractivity contribution in [1.29, 1.82) is 0 Å². The van der Waals surface area contributed by atoms with Gasteiger partial charge in [0.15, 0.2) is 5.17 Å². The average Bonchev–Trinajstić information content (AvgIpc) is 2.68. The number of hydrogen-bond acceptors (Lipinski definition) is 4. The van der Waals surface area contributed by atoms with Gasteiger partial charge in [-0.25, -0.2) is 0 Å². The van der Waals surface area contributed by atoms with Crippen LogP contribution in [0.25, 0.3) is 0 Å². The molecule has 1 saturated heterocycles. The first-order chi connectivity index (χ1) is 7.25. The minimum atomic E-state index is 0.482. The summed E-state index contributed by atoms with van der Waals surface area (Å²) in [7, 11) is 0. The van der Waals surface area contributed by atoms with Crippen molar-refractivity contribution in [3.05, 3.63) is 0 Å². The summed E-state index contributed by atoms with van der Waals surface area (Å²) < 4.78 is 5.44. The molecule has 0 saturated carbocycles. The quantitative estimate of drug-likeness (QED) is 0.783. The summed E-state index contributed by atoms with van der Waals surface area (Å²) in [6.45, 7) is 7.26. The minimum Gasteiger partial charge on any atom is -0.379 e. The lowest BCUT2D eigenvalue weighted by molar-refractivity contribution is 0.0767. The number of aliphatic imine (C=N–C) groups is 1. The van der Waals surface area contributed by atoms with Gasteiger partial charge in [-0.05, 0) is 18.8 Å². The fraction of sp³-hybridized carbons (Fsp3) is 0.909. The molecular formula is C11H20N2OS. The van der Waals surface area contributed by atoms with E-state index in [1.807, 2.05) is 11.8 Å². The summed E-state index contributed by atoms with van der Waals surface area (Å²) in [6, 6.07) is 0.482. The maximum absolute atomic E-state index is 5.44. The van der Waals surface area contributed by atoms with Gasteiger partial charge in [0.05, 0.1) is 19.2 Å². The monoisotopic (exact) mass is 228 g/mol. The van der Waals surface area contributed by atoms with E-state index in [9.17, 15) is 0 Å². The molecule has 2 aliphatic heterocycles. The summed E-state index contributed by atoms with van der Waals surface area (Å²) >= 11 is 1.90. The molecule has 15 heavy (non-hydrogen) atoms. The molecule has 0 aromatic heterocycles. The second-order valence-electron chi connectivity index (χ2n) is 4.60. The topological polar surface area (TPSA) is 33.6 Å². The molecule has 0 aliphatic carbocycles. The van der Waals surface area contributed by atoms with Gasteiger partial charge in [0.25, 0.3) is 0 Å². The first kappa shape index (κ1) is 11.3. The molecule has 0 aromatic rings. The van der Waals surface area contributed by atoms with E-state index in [4.69, 9.17) is 4.74 Å². The van der Waals surface area contributed by atoms with Gasteiger partial charge in [0.2, 0.25) is 0 Å². The molecule has 4 heteroatoms. The molecule has 2 unspecified atom stereocenters. The Morgan fingerprint density at radius 3 is 3.00 bits per heavy atom. The number of amidine groups is 1. The Kier molecular flexibility index (Phi) is 3.92. The molecule has 1 N–H and O–H groups in total. The lowest BCUT2D eigenvalue weighted by atomic mass is 10.1. The highest BCUT2D eigenvalue weighted by Gasteiger charge is 2.24. The van der Waals surface area contributed by atoms with Crippen molar-refractivity contribution < 1.29 is 4.74 Å².